The van der Waals surface area contributed by atoms with E-state index in [1.165, 1.54) is 22.7 Å². The minimum atomic E-state index is -0.272. The molecule has 0 radical (unpaired) electrons. The van der Waals surface area contributed by atoms with Crippen LogP contribution >= 0.6 is 34.3 Å². The normalized spacial score (nSPS) is 11.2. The van der Waals surface area contributed by atoms with E-state index in [4.69, 9.17) is 20.8 Å². The van der Waals surface area contributed by atoms with E-state index in [2.05, 4.69) is 10.3 Å². The van der Waals surface area contributed by atoms with Gasteiger partial charge in [0.25, 0.3) is 5.91 Å². The van der Waals surface area contributed by atoms with Gasteiger partial charge in [0.15, 0.2) is 10.9 Å². The van der Waals surface area contributed by atoms with Crippen molar-refractivity contribution >= 4 is 66.4 Å². The number of amides is 1. The Morgan fingerprint density at radius 3 is 2.90 bits per heavy atom. The van der Waals surface area contributed by atoms with Gasteiger partial charge in [-0.25, -0.2) is 4.98 Å². The third kappa shape index (κ3) is 3.27. The van der Waals surface area contributed by atoms with Crippen LogP contribution in [0.2, 0.25) is 5.02 Å². The molecule has 5 nitrogen and oxygen atoms in total. The van der Waals surface area contributed by atoms with Crippen molar-refractivity contribution in [3.8, 4) is 17.2 Å². The van der Waals surface area contributed by atoms with Crippen molar-refractivity contribution < 1.29 is 13.9 Å². The van der Waals surface area contributed by atoms with Crippen molar-refractivity contribution in [3.63, 3.8) is 0 Å². The molecule has 0 saturated carbocycles. The summed E-state index contributed by atoms with van der Waals surface area (Å²) in [5.41, 5.74) is 1.37. The molecule has 0 unspecified atom stereocenters. The fourth-order valence-corrected chi connectivity index (χ4v) is 5.13. The number of aromatic nitrogens is 1. The number of nitrogens with one attached hydrogen (secondary N) is 1. The molecule has 5 rings (SSSR count). The van der Waals surface area contributed by atoms with Crippen molar-refractivity contribution in [2.75, 3.05) is 12.4 Å². The van der Waals surface area contributed by atoms with Gasteiger partial charge >= 0.3 is 0 Å². The van der Waals surface area contributed by atoms with E-state index < -0.39 is 0 Å². The number of carbonyl (C=O) groups excluding carboxylic acids is 1. The van der Waals surface area contributed by atoms with Crippen LogP contribution in [0.15, 0.2) is 58.3 Å². The molecule has 0 saturated heterocycles. The Bertz CT molecular complexity index is 1370. The summed E-state index contributed by atoms with van der Waals surface area (Å²) >= 11 is 9.09. The molecule has 0 atom stereocenters. The molecule has 0 aliphatic heterocycles. The Labute approximate surface area is 178 Å². The number of thiophene rings is 1. The number of benzene rings is 2. The number of nitrogens with zero attached hydrogens (tertiary/aromatic N) is 1. The smallest absolute Gasteiger partial charge is 0.269 e. The molecule has 3 heterocycles. The first-order valence-electron chi connectivity index (χ1n) is 8.64. The van der Waals surface area contributed by atoms with Gasteiger partial charge in [0.05, 0.1) is 12.1 Å². The molecule has 8 heteroatoms. The molecule has 2 aromatic carbocycles. The third-order valence-corrected chi connectivity index (χ3v) is 6.88. The lowest BCUT2D eigenvalue weighted by molar-refractivity contribution is 0.103. The van der Waals surface area contributed by atoms with Gasteiger partial charge < -0.3 is 9.15 Å². The highest BCUT2D eigenvalue weighted by atomic mass is 35.5. The van der Waals surface area contributed by atoms with Crippen LogP contribution in [0.5, 0.6) is 5.75 Å². The maximum atomic E-state index is 12.7. The molecule has 5 aromatic rings. The Morgan fingerprint density at radius 2 is 2.07 bits per heavy atom. The number of thiazole rings is 1. The number of hydrogen-bond acceptors (Lipinski definition) is 6. The van der Waals surface area contributed by atoms with Gasteiger partial charge in [0, 0.05) is 26.9 Å². The largest absolute Gasteiger partial charge is 0.497 e. The number of halogens is 1. The molecular weight excluding hydrogens is 428 g/mol. The number of rotatable bonds is 4. The van der Waals surface area contributed by atoms with Gasteiger partial charge in [0.1, 0.15) is 21.9 Å². The number of fused-ring (bicyclic) bond motifs is 2. The van der Waals surface area contributed by atoms with Crippen LogP contribution in [0.4, 0.5) is 5.13 Å². The van der Waals surface area contributed by atoms with Crippen LogP contribution in [-0.4, -0.2) is 18.0 Å². The molecule has 0 aliphatic rings. The molecule has 0 spiro atoms. The van der Waals surface area contributed by atoms with Crippen LogP contribution in [0.25, 0.3) is 32.5 Å². The second kappa shape index (κ2) is 7.18. The summed E-state index contributed by atoms with van der Waals surface area (Å²) in [5.74, 6) is 1.08. The summed E-state index contributed by atoms with van der Waals surface area (Å²) < 4.78 is 12.1. The number of anilines is 1. The molecule has 1 N–H and O–H groups in total. The number of hydrogen-bond donors (Lipinski definition) is 1. The fraction of sp³-hybridized carbons (Fsp3) is 0.0476. The Morgan fingerprint density at radius 1 is 1.21 bits per heavy atom. The highest BCUT2D eigenvalue weighted by molar-refractivity contribution is 7.21. The van der Waals surface area contributed by atoms with Gasteiger partial charge in [-0.2, -0.15) is 0 Å². The maximum absolute atomic E-state index is 12.7. The Kier molecular flexibility index (Phi) is 4.50. The minimum Gasteiger partial charge on any atom is -0.497 e. The summed E-state index contributed by atoms with van der Waals surface area (Å²) in [4.78, 5) is 17.7. The standard InChI is InChI=1S/C21H13ClN2O3S2/c1-26-12-7-6-11-8-16(27-15(11)9-12)14-10-28-21(23-14)24-20(25)19-18(22)13-4-2-3-5-17(13)29-19/h2-10H,1H3,(H,23,24,25). The van der Waals surface area contributed by atoms with E-state index in [0.29, 0.717) is 26.5 Å². The zero-order valence-corrected chi connectivity index (χ0v) is 17.5. The highest BCUT2D eigenvalue weighted by Crippen LogP contribution is 2.36. The highest BCUT2D eigenvalue weighted by Gasteiger charge is 2.19. The predicted octanol–water partition coefficient (Wildman–Crippen LogP) is 6.69. The van der Waals surface area contributed by atoms with Crippen molar-refractivity contribution in [2.24, 2.45) is 0 Å². The van der Waals surface area contributed by atoms with E-state index in [9.17, 15) is 4.79 Å². The van der Waals surface area contributed by atoms with Crippen molar-refractivity contribution in [1.82, 2.24) is 4.98 Å². The van der Waals surface area contributed by atoms with Gasteiger partial charge in [-0.15, -0.1) is 22.7 Å². The first-order chi connectivity index (χ1) is 14.1. The molecular formula is C21H13ClN2O3S2. The molecule has 144 valence electrons. The van der Waals surface area contributed by atoms with Gasteiger partial charge in [0.2, 0.25) is 0 Å². The summed E-state index contributed by atoms with van der Waals surface area (Å²) in [5, 5.41) is 7.46. The van der Waals surface area contributed by atoms with Crippen LogP contribution in [0, 0.1) is 0 Å². The van der Waals surface area contributed by atoms with Crippen LogP contribution in [-0.2, 0) is 0 Å². The number of carbonyl (C=O) groups is 1. The van der Waals surface area contributed by atoms with E-state index in [-0.39, 0.29) is 5.91 Å². The zero-order valence-electron chi connectivity index (χ0n) is 15.1. The second-order valence-corrected chi connectivity index (χ2v) is 8.54. The average Bonchev–Trinajstić information content (AvgIpc) is 3.44. The lowest BCUT2D eigenvalue weighted by Crippen LogP contribution is -2.10. The van der Waals surface area contributed by atoms with E-state index >= 15 is 0 Å². The molecule has 0 bridgehead atoms. The summed E-state index contributed by atoms with van der Waals surface area (Å²) in [6.07, 6.45) is 0. The first kappa shape index (κ1) is 18.2. The lowest BCUT2D eigenvalue weighted by atomic mass is 10.2. The maximum Gasteiger partial charge on any atom is 0.269 e. The van der Waals surface area contributed by atoms with Gasteiger partial charge in [-0.05, 0) is 24.3 Å². The monoisotopic (exact) mass is 440 g/mol. The van der Waals surface area contributed by atoms with Crippen molar-refractivity contribution in [1.29, 1.82) is 0 Å². The quantitative estimate of drug-likeness (QED) is 0.338. The fourth-order valence-electron chi connectivity index (χ4n) is 3.02. The summed E-state index contributed by atoms with van der Waals surface area (Å²) in [7, 11) is 1.61. The molecule has 1 amide bonds. The molecule has 29 heavy (non-hydrogen) atoms. The van der Waals surface area contributed by atoms with Crippen molar-refractivity contribution in [2.45, 2.75) is 0 Å². The van der Waals surface area contributed by atoms with Gasteiger partial charge in [-0.1, -0.05) is 29.8 Å². The average molecular weight is 441 g/mol. The third-order valence-electron chi connectivity index (χ3n) is 4.45. The Balaban J connectivity index is 1.41. The number of furan rings is 1. The summed E-state index contributed by atoms with van der Waals surface area (Å²) in [6, 6.07) is 15.2. The molecule has 3 aromatic heterocycles. The zero-order chi connectivity index (χ0) is 20.0. The number of ether oxygens (including phenoxy) is 1. The molecule has 0 aliphatic carbocycles. The first-order valence-corrected chi connectivity index (χ1v) is 10.7. The Hall–Kier alpha value is -2.87. The molecule has 0 fully saturated rings. The van der Waals surface area contributed by atoms with Crippen LogP contribution < -0.4 is 10.1 Å². The van der Waals surface area contributed by atoms with E-state index in [1.54, 1.807) is 7.11 Å². The SMILES string of the molecule is COc1ccc2cc(-c3csc(NC(=O)c4sc5ccccc5c4Cl)n3)oc2c1. The van der Waals surface area contributed by atoms with E-state index in [1.807, 2.05) is 53.9 Å². The van der Waals surface area contributed by atoms with Crippen molar-refractivity contribution in [3.05, 3.63) is 63.8 Å². The second-order valence-electron chi connectivity index (χ2n) is 6.25. The predicted molar refractivity (Wildman–Crippen MR) is 119 cm³/mol. The van der Waals surface area contributed by atoms with Gasteiger partial charge in [-0.3, -0.25) is 10.1 Å². The van der Waals surface area contributed by atoms with Crippen LogP contribution in [0.1, 0.15) is 9.67 Å². The number of methoxy groups -OCH3 is 1. The lowest BCUT2D eigenvalue weighted by Gasteiger charge is -1.99. The topological polar surface area (TPSA) is 64.4 Å². The van der Waals surface area contributed by atoms with E-state index in [0.717, 1.165) is 26.8 Å². The summed E-state index contributed by atoms with van der Waals surface area (Å²) in [6.45, 7) is 0. The minimum absolute atomic E-state index is 0.272. The van der Waals surface area contributed by atoms with Crippen LogP contribution in [0.3, 0.4) is 0 Å².